The van der Waals surface area contributed by atoms with E-state index in [-0.39, 0.29) is 6.04 Å². The summed E-state index contributed by atoms with van der Waals surface area (Å²) in [6.07, 6.45) is 3.97. The Morgan fingerprint density at radius 2 is 2.33 bits per heavy atom. The van der Waals surface area contributed by atoms with Gasteiger partial charge in [0.25, 0.3) is 0 Å². The highest BCUT2D eigenvalue weighted by Crippen LogP contribution is 2.17. The van der Waals surface area contributed by atoms with Crippen LogP contribution in [0.3, 0.4) is 0 Å². The lowest BCUT2D eigenvalue weighted by molar-refractivity contribution is -0.140. The molecule has 0 radical (unpaired) electrons. The van der Waals surface area contributed by atoms with Crippen LogP contribution in [0.4, 0.5) is 0 Å². The summed E-state index contributed by atoms with van der Waals surface area (Å²) < 4.78 is 0. The number of carboxylic acids is 1. The SMILES string of the molecule is CB(O)NC1C=CC(C(=O)O)C1. The molecule has 0 aromatic heterocycles. The molecule has 12 heavy (non-hydrogen) atoms. The molecule has 0 aliphatic heterocycles. The zero-order chi connectivity index (χ0) is 9.14. The molecule has 1 aliphatic carbocycles. The molecule has 0 amide bonds. The second-order valence-electron chi connectivity index (χ2n) is 3.01. The first-order valence-corrected chi connectivity index (χ1v) is 3.95. The predicted octanol–water partition coefficient (Wildman–Crippen LogP) is -0.284. The molecule has 3 N–H and O–H groups in total. The maximum absolute atomic E-state index is 10.5. The molecule has 0 aromatic carbocycles. The van der Waals surface area contributed by atoms with Crippen molar-refractivity contribution in [2.24, 2.45) is 5.92 Å². The average Bonchev–Trinajstić information content (AvgIpc) is 2.34. The Bertz CT molecular complexity index is 205. The fourth-order valence-corrected chi connectivity index (χ4v) is 1.32. The molecule has 0 spiro atoms. The van der Waals surface area contributed by atoms with Gasteiger partial charge in [0.05, 0.1) is 5.92 Å². The second kappa shape index (κ2) is 3.73. The summed E-state index contributed by atoms with van der Waals surface area (Å²) in [6, 6.07) is -0.00824. The Balaban J connectivity index is 2.37. The molecule has 1 aliphatic rings. The summed E-state index contributed by atoms with van der Waals surface area (Å²) >= 11 is 0. The van der Waals surface area contributed by atoms with Gasteiger partial charge in [-0.3, -0.25) is 4.79 Å². The third-order valence-electron chi connectivity index (χ3n) is 1.86. The molecule has 0 fully saturated rings. The third kappa shape index (κ3) is 2.35. The lowest BCUT2D eigenvalue weighted by atomic mass is 9.87. The van der Waals surface area contributed by atoms with Gasteiger partial charge in [-0.2, -0.15) is 0 Å². The molecule has 0 aromatic rings. The Hall–Kier alpha value is -0.805. The van der Waals surface area contributed by atoms with Gasteiger partial charge >= 0.3 is 13.0 Å². The maximum Gasteiger partial charge on any atom is 0.374 e. The number of hydrogen-bond acceptors (Lipinski definition) is 3. The van der Waals surface area contributed by atoms with Crippen molar-refractivity contribution >= 4 is 13.0 Å². The van der Waals surface area contributed by atoms with Crippen LogP contribution in [-0.2, 0) is 4.79 Å². The molecule has 66 valence electrons. The number of carboxylic acid groups (broad SMARTS) is 1. The maximum atomic E-state index is 10.5. The molecule has 0 saturated heterocycles. The summed E-state index contributed by atoms with van der Waals surface area (Å²) in [5.74, 6) is -1.21. The van der Waals surface area contributed by atoms with Gasteiger partial charge in [0.15, 0.2) is 0 Å². The molecule has 1 rings (SSSR count). The van der Waals surface area contributed by atoms with Gasteiger partial charge in [0.1, 0.15) is 0 Å². The van der Waals surface area contributed by atoms with E-state index >= 15 is 0 Å². The van der Waals surface area contributed by atoms with Crippen LogP contribution in [0, 0.1) is 5.92 Å². The zero-order valence-corrected chi connectivity index (χ0v) is 6.90. The van der Waals surface area contributed by atoms with Crippen molar-refractivity contribution in [2.45, 2.75) is 19.3 Å². The first kappa shape index (κ1) is 9.28. The van der Waals surface area contributed by atoms with E-state index < -0.39 is 18.9 Å². The third-order valence-corrected chi connectivity index (χ3v) is 1.86. The smallest absolute Gasteiger partial charge is 0.374 e. The van der Waals surface area contributed by atoms with Crippen LogP contribution in [-0.4, -0.2) is 29.2 Å². The minimum absolute atomic E-state index is 0.00824. The summed E-state index contributed by atoms with van der Waals surface area (Å²) in [6.45, 7) is 1.61. The fourth-order valence-electron chi connectivity index (χ4n) is 1.32. The van der Waals surface area contributed by atoms with Crippen LogP contribution in [0.2, 0.25) is 6.82 Å². The van der Waals surface area contributed by atoms with Crippen LogP contribution in [0.5, 0.6) is 0 Å². The van der Waals surface area contributed by atoms with Crippen LogP contribution in [0.25, 0.3) is 0 Å². The highest BCUT2D eigenvalue weighted by molar-refractivity contribution is 6.45. The summed E-state index contributed by atoms with van der Waals surface area (Å²) in [5.41, 5.74) is 0. The number of rotatable bonds is 3. The monoisotopic (exact) mass is 169 g/mol. The van der Waals surface area contributed by atoms with Gasteiger partial charge in [0, 0.05) is 6.04 Å². The normalized spacial score (nSPS) is 27.5. The van der Waals surface area contributed by atoms with E-state index in [1.165, 1.54) is 0 Å². The Morgan fingerprint density at radius 3 is 2.75 bits per heavy atom. The molecular formula is C7H12BNO3. The first-order valence-electron chi connectivity index (χ1n) is 3.95. The topological polar surface area (TPSA) is 69.6 Å². The average molecular weight is 169 g/mol. The van der Waals surface area contributed by atoms with E-state index in [9.17, 15) is 4.79 Å². The highest BCUT2D eigenvalue weighted by atomic mass is 16.4. The molecule has 0 bridgehead atoms. The van der Waals surface area contributed by atoms with Crippen LogP contribution < -0.4 is 5.23 Å². The molecule has 0 heterocycles. The molecule has 2 unspecified atom stereocenters. The lowest BCUT2D eigenvalue weighted by Gasteiger charge is -2.11. The van der Waals surface area contributed by atoms with Crippen molar-refractivity contribution in [1.82, 2.24) is 5.23 Å². The Labute approximate surface area is 71.4 Å². The van der Waals surface area contributed by atoms with Crippen molar-refractivity contribution in [3.63, 3.8) is 0 Å². The van der Waals surface area contributed by atoms with Crippen molar-refractivity contribution in [3.05, 3.63) is 12.2 Å². The van der Waals surface area contributed by atoms with E-state index in [0.717, 1.165) is 0 Å². The van der Waals surface area contributed by atoms with Gasteiger partial charge in [-0.15, -0.1) is 0 Å². The van der Waals surface area contributed by atoms with Crippen molar-refractivity contribution in [1.29, 1.82) is 0 Å². The molecule has 2 atom stereocenters. The van der Waals surface area contributed by atoms with Crippen LogP contribution in [0.1, 0.15) is 6.42 Å². The van der Waals surface area contributed by atoms with Gasteiger partial charge in [-0.05, 0) is 13.2 Å². The van der Waals surface area contributed by atoms with E-state index in [1.54, 1.807) is 19.0 Å². The molecule has 0 saturated carbocycles. The summed E-state index contributed by atoms with van der Waals surface area (Å²) in [4.78, 5) is 10.5. The summed E-state index contributed by atoms with van der Waals surface area (Å²) in [7, 11) is -0.591. The number of hydrogen-bond donors (Lipinski definition) is 3. The Kier molecular flexibility index (Phi) is 2.89. The van der Waals surface area contributed by atoms with Crippen LogP contribution in [0.15, 0.2) is 12.2 Å². The number of nitrogens with one attached hydrogen (secondary N) is 1. The molecule has 4 nitrogen and oxygen atoms in total. The van der Waals surface area contributed by atoms with Crippen molar-refractivity contribution in [3.8, 4) is 0 Å². The standard InChI is InChI=1S/C7H12BNO3/c1-8(12)9-6-3-2-5(4-6)7(10)11/h2-3,5-6,9,12H,4H2,1H3,(H,10,11). The fraction of sp³-hybridized carbons (Fsp3) is 0.571. The quantitative estimate of drug-likeness (QED) is 0.401. The number of aliphatic carboxylic acids is 1. The van der Waals surface area contributed by atoms with Gasteiger partial charge in [-0.1, -0.05) is 12.2 Å². The second-order valence-corrected chi connectivity index (χ2v) is 3.01. The predicted molar refractivity (Wildman–Crippen MR) is 45.6 cm³/mol. The van der Waals surface area contributed by atoms with Gasteiger partial charge < -0.3 is 15.4 Å². The van der Waals surface area contributed by atoms with E-state index in [1.807, 2.05) is 0 Å². The molecule has 5 heteroatoms. The Morgan fingerprint density at radius 1 is 1.67 bits per heavy atom. The van der Waals surface area contributed by atoms with Crippen molar-refractivity contribution in [2.75, 3.05) is 0 Å². The number of carbonyl (C=O) groups is 1. The van der Waals surface area contributed by atoms with Gasteiger partial charge in [0.2, 0.25) is 0 Å². The van der Waals surface area contributed by atoms with Gasteiger partial charge in [-0.25, -0.2) is 0 Å². The van der Waals surface area contributed by atoms with E-state index in [4.69, 9.17) is 10.1 Å². The highest BCUT2D eigenvalue weighted by Gasteiger charge is 2.25. The first-order chi connectivity index (χ1) is 5.59. The lowest BCUT2D eigenvalue weighted by Crippen LogP contribution is -2.38. The molecular weight excluding hydrogens is 157 g/mol. The minimum Gasteiger partial charge on any atom is -0.481 e. The zero-order valence-electron chi connectivity index (χ0n) is 6.90. The van der Waals surface area contributed by atoms with E-state index in [2.05, 4.69) is 5.23 Å². The van der Waals surface area contributed by atoms with Crippen LogP contribution >= 0.6 is 0 Å². The minimum atomic E-state index is -0.804. The largest absolute Gasteiger partial charge is 0.481 e. The summed E-state index contributed by atoms with van der Waals surface area (Å²) in [5, 5.41) is 20.4. The van der Waals surface area contributed by atoms with E-state index in [0.29, 0.717) is 6.42 Å². The van der Waals surface area contributed by atoms with Crippen molar-refractivity contribution < 1.29 is 14.9 Å².